The molecule has 0 saturated heterocycles. The lowest BCUT2D eigenvalue weighted by molar-refractivity contribution is -0.230. The van der Waals surface area contributed by atoms with E-state index in [9.17, 15) is 18.0 Å². The van der Waals surface area contributed by atoms with E-state index in [0.717, 1.165) is 49.2 Å². The molecule has 8 heteroatoms. The number of amidine groups is 1. The lowest BCUT2D eigenvalue weighted by atomic mass is 9.95. The van der Waals surface area contributed by atoms with Crippen LogP contribution in [0, 0.1) is 0 Å². The molecule has 1 heterocycles. The molecule has 0 spiro atoms. The van der Waals surface area contributed by atoms with Gasteiger partial charge in [-0.1, -0.05) is 92.8 Å². The summed E-state index contributed by atoms with van der Waals surface area (Å²) in [5.41, 5.74) is 1.50. The second-order valence-corrected chi connectivity index (χ2v) is 8.74. The lowest BCUT2D eigenvalue weighted by Crippen LogP contribution is -2.40. The van der Waals surface area contributed by atoms with E-state index in [1.807, 2.05) is 36.4 Å². The van der Waals surface area contributed by atoms with Gasteiger partial charge in [0.1, 0.15) is 18.7 Å². The van der Waals surface area contributed by atoms with Crippen LogP contribution in [0.25, 0.3) is 0 Å². The summed E-state index contributed by atoms with van der Waals surface area (Å²) in [6, 6.07) is 17.0. The summed E-state index contributed by atoms with van der Waals surface area (Å²) in [4.78, 5) is 21.6. The predicted octanol–water partition coefficient (Wildman–Crippen LogP) is 6.33. The van der Waals surface area contributed by atoms with Crippen molar-refractivity contribution < 1.29 is 27.5 Å². The Morgan fingerprint density at radius 1 is 0.882 bits per heavy atom. The number of hydrogen-bond acceptors (Lipinski definition) is 5. The number of alkyl halides is 3. The molecule has 5 nitrogen and oxygen atoms in total. The van der Waals surface area contributed by atoms with Gasteiger partial charge in [0.2, 0.25) is 0 Å². The van der Waals surface area contributed by atoms with Gasteiger partial charge in [-0.3, -0.25) is 4.99 Å². The number of rotatable bonds is 6. The highest BCUT2D eigenvalue weighted by atomic mass is 19.4. The van der Waals surface area contributed by atoms with Crippen LogP contribution in [0.2, 0.25) is 0 Å². The van der Waals surface area contributed by atoms with Crippen molar-refractivity contribution in [2.24, 2.45) is 4.99 Å². The quantitative estimate of drug-likeness (QED) is 0.491. The van der Waals surface area contributed by atoms with Crippen molar-refractivity contribution >= 4 is 11.8 Å². The fourth-order valence-corrected chi connectivity index (χ4v) is 4.58. The summed E-state index contributed by atoms with van der Waals surface area (Å²) in [5, 5.41) is 1.01. The Morgan fingerprint density at radius 3 is 2.03 bits per heavy atom. The number of halogens is 3. The van der Waals surface area contributed by atoms with E-state index in [4.69, 9.17) is 14.6 Å². The van der Waals surface area contributed by atoms with E-state index in [2.05, 4.69) is 0 Å². The summed E-state index contributed by atoms with van der Waals surface area (Å²) in [6.45, 7) is -0.0253. The average molecular weight is 475 g/mol. The first-order chi connectivity index (χ1) is 16.4. The molecule has 34 heavy (non-hydrogen) atoms. The monoisotopic (exact) mass is 474 g/mol. The fourth-order valence-electron chi connectivity index (χ4n) is 4.58. The summed E-state index contributed by atoms with van der Waals surface area (Å²) < 4.78 is 45.6. The third kappa shape index (κ3) is 5.97. The molecule has 0 radical (unpaired) electrons. The molecule has 1 aliphatic heterocycles. The van der Waals surface area contributed by atoms with Crippen LogP contribution >= 0.6 is 0 Å². The van der Waals surface area contributed by atoms with Gasteiger partial charge in [-0.05, 0) is 24.0 Å². The zero-order valence-electron chi connectivity index (χ0n) is 18.9. The average Bonchev–Trinajstić information content (AvgIpc) is 3.17. The van der Waals surface area contributed by atoms with E-state index in [1.165, 1.54) is 6.42 Å². The number of aliphatic imine (C=N–C) groups is 1. The molecule has 0 N–H and O–H groups in total. The zero-order chi connectivity index (χ0) is 24.0. The van der Waals surface area contributed by atoms with Crippen LogP contribution in [-0.2, 0) is 14.4 Å². The molecule has 1 saturated carbocycles. The van der Waals surface area contributed by atoms with E-state index < -0.39 is 24.2 Å². The van der Waals surface area contributed by atoms with Crippen LogP contribution in [0.15, 0.2) is 65.7 Å². The molecule has 2 aliphatic rings. The molecule has 2 atom stereocenters. The first-order valence-corrected chi connectivity index (χ1v) is 11.8. The maximum atomic E-state index is 13.2. The maximum Gasteiger partial charge on any atom is 0.493 e. The molecule has 0 aromatic heterocycles. The van der Waals surface area contributed by atoms with E-state index >= 15 is 0 Å². The Balaban J connectivity index is 1.64. The van der Waals surface area contributed by atoms with E-state index in [0.29, 0.717) is 5.56 Å². The van der Waals surface area contributed by atoms with Crippen molar-refractivity contribution in [1.82, 2.24) is 5.06 Å². The molecule has 0 bridgehead atoms. The highest BCUT2D eigenvalue weighted by molar-refractivity contribution is 5.87. The first-order valence-electron chi connectivity index (χ1n) is 11.8. The summed E-state index contributed by atoms with van der Waals surface area (Å²) in [7, 11) is 0. The zero-order valence-corrected chi connectivity index (χ0v) is 18.9. The van der Waals surface area contributed by atoms with Gasteiger partial charge in [0.25, 0.3) is 0 Å². The Kier molecular flexibility index (Phi) is 7.88. The van der Waals surface area contributed by atoms with Crippen LogP contribution in [0.4, 0.5) is 13.2 Å². The Hall–Kier alpha value is -2.87. The summed E-state index contributed by atoms with van der Waals surface area (Å²) >= 11 is 0. The number of carbonyl (C=O) groups excluding carboxylic acids is 1. The topological polar surface area (TPSA) is 51.1 Å². The molecule has 2 aromatic rings. The van der Waals surface area contributed by atoms with Gasteiger partial charge in [0.05, 0.1) is 6.10 Å². The largest absolute Gasteiger partial charge is 0.493 e. The summed E-state index contributed by atoms with van der Waals surface area (Å²) in [6.07, 6.45) is 2.33. The van der Waals surface area contributed by atoms with Gasteiger partial charge in [0.15, 0.2) is 5.84 Å². The Bertz CT molecular complexity index is 958. The first kappa shape index (κ1) is 24.3. The molecular formula is C26H29F3N2O3. The molecule has 1 fully saturated rings. The van der Waals surface area contributed by atoms with Gasteiger partial charge >= 0.3 is 12.1 Å². The number of benzene rings is 2. The molecule has 2 aromatic carbocycles. The Labute approximate surface area is 197 Å². The number of hydrogen-bond donors (Lipinski definition) is 0. The van der Waals surface area contributed by atoms with Gasteiger partial charge in [-0.2, -0.15) is 18.2 Å². The molecule has 4 rings (SSSR count). The van der Waals surface area contributed by atoms with Gasteiger partial charge in [0, 0.05) is 0 Å². The number of carbonyl (C=O) groups is 1. The van der Waals surface area contributed by atoms with Gasteiger partial charge in [-0.25, -0.2) is 4.79 Å². The third-order valence-electron chi connectivity index (χ3n) is 6.29. The van der Waals surface area contributed by atoms with Gasteiger partial charge in [-0.15, -0.1) is 0 Å². The van der Waals surface area contributed by atoms with Crippen LogP contribution in [0.5, 0.6) is 0 Å². The number of hydroxylamine groups is 2. The van der Waals surface area contributed by atoms with Gasteiger partial charge < -0.3 is 9.57 Å². The normalized spacial score (nSPS) is 22.1. The van der Waals surface area contributed by atoms with Crippen molar-refractivity contribution in [2.45, 2.75) is 69.3 Å². The van der Waals surface area contributed by atoms with Crippen molar-refractivity contribution in [3.8, 4) is 0 Å². The third-order valence-corrected chi connectivity index (χ3v) is 6.29. The fraction of sp³-hybridized carbons (Fsp3) is 0.462. The van der Waals surface area contributed by atoms with Crippen molar-refractivity contribution in [1.29, 1.82) is 0 Å². The molecule has 182 valence electrons. The highest BCUT2D eigenvalue weighted by Gasteiger charge is 2.47. The van der Waals surface area contributed by atoms with Crippen LogP contribution in [0.3, 0.4) is 0 Å². The number of nitrogens with zero attached hydrogens (tertiary/aromatic N) is 2. The lowest BCUT2D eigenvalue weighted by Gasteiger charge is -2.30. The second-order valence-electron chi connectivity index (χ2n) is 8.74. The van der Waals surface area contributed by atoms with Crippen LogP contribution in [-0.4, -0.2) is 35.8 Å². The number of ether oxygens (including phenoxy) is 1. The Morgan fingerprint density at radius 2 is 1.44 bits per heavy atom. The molecule has 0 amide bonds. The van der Waals surface area contributed by atoms with E-state index in [-0.39, 0.29) is 18.5 Å². The summed E-state index contributed by atoms with van der Waals surface area (Å²) in [5.74, 6) is -2.09. The molecular weight excluding hydrogens is 445 g/mol. The SMILES string of the molecule is O=C(ON1C(COC2CCCCCCC2)=NC(c2ccccc2)C1c1ccccc1)C(F)(F)F. The predicted molar refractivity (Wildman–Crippen MR) is 122 cm³/mol. The van der Waals surface area contributed by atoms with E-state index in [1.54, 1.807) is 24.3 Å². The van der Waals surface area contributed by atoms with Crippen LogP contribution in [0.1, 0.15) is 68.2 Å². The molecule has 1 aliphatic carbocycles. The standard InChI is InChI=1S/C26H29F3N2O3/c27-26(28,29)25(32)34-31-22(18-33-21-16-10-2-1-3-11-17-21)30-23(19-12-6-4-7-13-19)24(31)20-14-8-5-9-15-20/h4-9,12-15,21,23-24H,1-3,10-11,16-18H2. The second kappa shape index (κ2) is 11.0. The molecule has 2 unspecified atom stereocenters. The minimum absolute atomic E-state index is 0.00844. The minimum Gasteiger partial charge on any atom is -0.370 e. The smallest absolute Gasteiger partial charge is 0.370 e. The minimum atomic E-state index is -5.13. The maximum absolute atomic E-state index is 13.2. The van der Waals surface area contributed by atoms with Crippen molar-refractivity contribution in [3.05, 3.63) is 71.8 Å². The van der Waals surface area contributed by atoms with Crippen molar-refractivity contribution in [2.75, 3.05) is 6.61 Å². The van der Waals surface area contributed by atoms with Crippen molar-refractivity contribution in [3.63, 3.8) is 0 Å². The highest BCUT2D eigenvalue weighted by Crippen LogP contribution is 2.43. The van der Waals surface area contributed by atoms with Crippen LogP contribution < -0.4 is 0 Å².